The van der Waals surface area contributed by atoms with Crippen LogP contribution in [0.2, 0.25) is 0 Å². The van der Waals surface area contributed by atoms with Gasteiger partial charge in [0.25, 0.3) is 0 Å². The number of methoxy groups -OCH3 is 2. The van der Waals surface area contributed by atoms with Gasteiger partial charge in [-0.3, -0.25) is 0 Å². The Kier molecular flexibility index (Phi) is 6.22. The number of hydrogen-bond donors (Lipinski definition) is 1. The van der Waals surface area contributed by atoms with Crippen molar-refractivity contribution in [2.24, 2.45) is 0 Å². The fourth-order valence-corrected chi connectivity index (χ4v) is 3.37. The smallest absolute Gasteiger partial charge is 0.237 e. The molecule has 0 saturated carbocycles. The van der Waals surface area contributed by atoms with E-state index in [4.69, 9.17) is 24.6 Å². The molecule has 0 aliphatic rings. The van der Waals surface area contributed by atoms with Crippen LogP contribution in [-0.2, 0) is 12.4 Å². The van der Waals surface area contributed by atoms with Crippen LogP contribution in [0.3, 0.4) is 0 Å². The first-order valence-electron chi connectivity index (χ1n) is 9.22. The van der Waals surface area contributed by atoms with Gasteiger partial charge < -0.3 is 24.6 Å². The van der Waals surface area contributed by atoms with Gasteiger partial charge in [0, 0.05) is 11.6 Å². The molecule has 10 nitrogen and oxygen atoms in total. The molecule has 0 spiro atoms. The van der Waals surface area contributed by atoms with Gasteiger partial charge in [0.05, 0.1) is 20.0 Å². The van der Waals surface area contributed by atoms with Crippen LogP contribution in [0.25, 0.3) is 11.4 Å². The molecule has 0 radical (unpaired) electrons. The van der Waals surface area contributed by atoms with Crippen molar-refractivity contribution in [3.63, 3.8) is 0 Å². The molecule has 11 heteroatoms. The number of nitrogens with two attached hydrogens (primary N) is 1. The highest BCUT2D eigenvalue weighted by atomic mass is 32.2. The molecule has 2 aromatic carbocycles. The van der Waals surface area contributed by atoms with Crippen LogP contribution in [0.1, 0.15) is 11.7 Å². The van der Waals surface area contributed by atoms with Crippen molar-refractivity contribution >= 4 is 11.8 Å². The minimum Gasteiger partial charge on any atom is -0.497 e. The molecule has 0 bridgehead atoms. The minimum atomic E-state index is 0.164. The van der Waals surface area contributed by atoms with E-state index in [9.17, 15) is 0 Å². The maximum atomic E-state index is 6.10. The number of nitrogen functional groups attached to an aromatic ring is 1. The number of rotatable bonds is 9. The molecule has 0 aliphatic carbocycles. The van der Waals surface area contributed by atoms with Crippen LogP contribution in [0.15, 0.2) is 58.2 Å². The molecule has 160 valence electrons. The molecule has 2 heterocycles. The van der Waals surface area contributed by atoms with E-state index in [1.165, 1.54) is 16.4 Å². The van der Waals surface area contributed by atoms with Crippen molar-refractivity contribution in [2.75, 3.05) is 20.1 Å². The summed E-state index contributed by atoms with van der Waals surface area (Å²) in [6.45, 7) is 0.164. The Labute approximate surface area is 182 Å². The number of aromatic nitrogens is 5. The van der Waals surface area contributed by atoms with Crippen molar-refractivity contribution in [1.29, 1.82) is 0 Å². The lowest BCUT2D eigenvalue weighted by atomic mass is 10.2. The summed E-state index contributed by atoms with van der Waals surface area (Å²) in [5, 5.41) is 12.7. The van der Waals surface area contributed by atoms with Gasteiger partial charge in [-0.05, 0) is 24.3 Å². The van der Waals surface area contributed by atoms with Crippen LogP contribution < -0.4 is 20.1 Å². The van der Waals surface area contributed by atoms with E-state index in [1.807, 2.05) is 42.5 Å². The number of hydrogen-bond acceptors (Lipinski definition) is 10. The van der Waals surface area contributed by atoms with Crippen LogP contribution in [0.4, 0.5) is 0 Å². The number of ether oxygens (including phenoxy) is 3. The molecule has 2 aromatic heterocycles. The van der Waals surface area contributed by atoms with Crippen LogP contribution >= 0.6 is 11.8 Å². The van der Waals surface area contributed by atoms with Crippen molar-refractivity contribution in [2.45, 2.75) is 17.5 Å². The van der Waals surface area contributed by atoms with Gasteiger partial charge in [-0.25, -0.2) is 4.68 Å². The van der Waals surface area contributed by atoms with Crippen LogP contribution in [-0.4, -0.2) is 39.2 Å². The van der Waals surface area contributed by atoms with Crippen molar-refractivity contribution < 1.29 is 18.7 Å². The van der Waals surface area contributed by atoms with Gasteiger partial charge in [0.1, 0.15) is 23.9 Å². The number of thioether (sulfide) groups is 1. The molecule has 4 aromatic rings. The van der Waals surface area contributed by atoms with Gasteiger partial charge in [-0.15, -0.1) is 10.2 Å². The third-order valence-corrected chi connectivity index (χ3v) is 5.19. The first kappa shape index (κ1) is 20.5. The predicted molar refractivity (Wildman–Crippen MR) is 113 cm³/mol. The normalized spacial score (nSPS) is 10.8. The van der Waals surface area contributed by atoms with Gasteiger partial charge in [0.2, 0.25) is 16.9 Å². The van der Waals surface area contributed by atoms with Crippen molar-refractivity contribution in [3.05, 3.63) is 60.2 Å². The predicted octanol–water partition coefficient (Wildman–Crippen LogP) is 2.93. The van der Waals surface area contributed by atoms with Gasteiger partial charge in [0.15, 0.2) is 5.82 Å². The van der Waals surface area contributed by atoms with Gasteiger partial charge in [-0.2, -0.15) is 4.98 Å². The summed E-state index contributed by atoms with van der Waals surface area (Å²) in [6.07, 6.45) is 0. The average molecular weight is 440 g/mol. The molecule has 0 saturated heterocycles. The van der Waals surface area contributed by atoms with Gasteiger partial charge in [-0.1, -0.05) is 35.1 Å². The monoisotopic (exact) mass is 440 g/mol. The zero-order valence-electron chi connectivity index (χ0n) is 16.9. The largest absolute Gasteiger partial charge is 0.497 e. The average Bonchev–Trinajstić information content (AvgIpc) is 3.43. The Morgan fingerprint density at radius 3 is 2.55 bits per heavy atom. The summed E-state index contributed by atoms with van der Waals surface area (Å²) in [6, 6.07) is 14.7. The second-order valence-corrected chi connectivity index (χ2v) is 7.21. The van der Waals surface area contributed by atoms with Crippen molar-refractivity contribution in [3.8, 4) is 28.6 Å². The van der Waals surface area contributed by atoms with E-state index in [0.717, 1.165) is 11.3 Å². The number of benzene rings is 2. The highest BCUT2D eigenvalue weighted by molar-refractivity contribution is 7.98. The summed E-state index contributed by atoms with van der Waals surface area (Å²) in [5.74, 6) is 9.97. The van der Waals surface area contributed by atoms with Crippen LogP contribution in [0.5, 0.6) is 17.2 Å². The van der Waals surface area contributed by atoms with Crippen LogP contribution in [0, 0.1) is 0 Å². The molecule has 0 atom stereocenters. The molecule has 4 rings (SSSR count). The lowest BCUT2D eigenvalue weighted by Gasteiger charge is -2.07. The molecule has 0 fully saturated rings. The Balaban J connectivity index is 1.36. The summed E-state index contributed by atoms with van der Waals surface area (Å²) in [4.78, 5) is 4.41. The topological polar surface area (TPSA) is 123 Å². The highest BCUT2D eigenvalue weighted by Gasteiger charge is 2.14. The molecule has 0 unspecified atom stereocenters. The zero-order chi connectivity index (χ0) is 21.6. The zero-order valence-corrected chi connectivity index (χ0v) is 17.7. The quantitative estimate of drug-likeness (QED) is 0.307. The van der Waals surface area contributed by atoms with E-state index in [-0.39, 0.29) is 6.61 Å². The van der Waals surface area contributed by atoms with Crippen molar-refractivity contribution in [1.82, 2.24) is 25.0 Å². The standard InChI is InChI=1S/C20H20N6O4S/c1-27-14-6-3-5-13(9-14)19-22-18(30-25-19)12-31-20-24-23-17(26(20)21)11-29-16-8-4-7-15(10-16)28-2/h3-10H,11-12,21H2,1-2H3. The van der Waals surface area contributed by atoms with E-state index in [1.54, 1.807) is 20.3 Å². The van der Waals surface area contributed by atoms with E-state index < -0.39 is 0 Å². The Hall–Kier alpha value is -3.73. The second-order valence-electron chi connectivity index (χ2n) is 6.27. The lowest BCUT2D eigenvalue weighted by molar-refractivity contribution is 0.289. The maximum Gasteiger partial charge on any atom is 0.237 e. The summed E-state index contributed by atoms with van der Waals surface area (Å²) < 4.78 is 22.8. The SMILES string of the molecule is COc1cccc(OCc2nnc(SCc3nc(-c4cccc(OC)c4)no3)n2N)c1. The molecular weight excluding hydrogens is 420 g/mol. The number of nitrogens with zero attached hydrogens (tertiary/aromatic N) is 5. The molecule has 2 N–H and O–H groups in total. The van der Waals surface area contributed by atoms with E-state index >= 15 is 0 Å². The maximum absolute atomic E-state index is 6.10. The summed E-state index contributed by atoms with van der Waals surface area (Å²) in [5.41, 5.74) is 0.804. The molecule has 0 aliphatic heterocycles. The second kappa shape index (κ2) is 9.39. The fourth-order valence-electron chi connectivity index (χ4n) is 2.66. The molecule has 0 amide bonds. The highest BCUT2D eigenvalue weighted by Crippen LogP contribution is 2.25. The fraction of sp³-hybridized carbons (Fsp3) is 0.200. The minimum absolute atomic E-state index is 0.164. The first-order chi connectivity index (χ1) is 15.2. The van der Waals surface area contributed by atoms with E-state index in [2.05, 4.69) is 20.3 Å². The first-order valence-corrected chi connectivity index (χ1v) is 10.2. The third-order valence-electron chi connectivity index (χ3n) is 4.27. The Bertz CT molecular complexity index is 1160. The third kappa shape index (κ3) is 4.89. The summed E-state index contributed by atoms with van der Waals surface area (Å²) >= 11 is 1.33. The summed E-state index contributed by atoms with van der Waals surface area (Å²) in [7, 11) is 3.21. The van der Waals surface area contributed by atoms with Gasteiger partial charge >= 0.3 is 0 Å². The Morgan fingerprint density at radius 1 is 1.00 bits per heavy atom. The lowest BCUT2D eigenvalue weighted by Crippen LogP contribution is -2.15. The Morgan fingerprint density at radius 2 is 1.74 bits per heavy atom. The van der Waals surface area contributed by atoms with E-state index in [0.29, 0.717) is 39.9 Å². The molecule has 31 heavy (non-hydrogen) atoms. The molecular formula is C20H20N6O4S.